The molecule has 1 saturated heterocycles. The van der Waals surface area contributed by atoms with Crippen LogP contribution in [0.1, 0.15) is 112 Å². The third kappa shape index (κ3) is 7.87. The lowest BCUT2D eigenvalue weighted by molar-refractivity contribution is -0.384. The van der Waals surface area contributed by atoms with E-state index in [4.69, 9.17) is 30.8 Å². The number of hydrogen-bond donors (Lipinski definition) is 1. The van der Waals surface area contributed by atoms with Crippen molar-refractivity contribution in [1.29, 1.82) is 0 Å². The number of piperidine rings is 1. The van der Waals surface area contributed by atoms with Gasteiger partial charge in [0.05, 0.1) is 16.2 Å². The molecule has 6 rings (SSSR count). The third-order valence-corrected chi connectivity index (χ3v) is 10.1. The van der Waals surface area contributed by atoms with Crippen molar-refractivity contribution in [1.82, 2.24) is 20.2 Å². The molecular weight excluding hydrogens is 704 g/mol. The number of alkyl carbamates (subject to hydrolysis) is 1. The quantitative estimate of drug-likeness (QED) is 0.113. The molecule has 0 bridgehead atoms. The van der Waals surface area contributed by atoms with E-state index in [9.17, 15) is 24.5 Å². The van der Waals surface area contributed by atoms with Gasteiger partial charge in [0.25, 0.3) is 5.69 Å². The van der Waals surface area contributed by atoms with Gasteiger partial charge in [0, 0.05) is 60.0 Å². The molecule has 3 aliphatic rings. The molecule has 15 heteroatoms. The molecule has 3 aromatic rings. The van der Waals surface area contributed by atoms with Crippen molar-refractivity contribution in [3.05, 3.63) is 85.8 Å². The number of nitro benzene ring substituents is 1. The van der Waals surface area contributed by atoms with Crippen LogP contribution in [0.4, 0.5) is 26.8 Å². The molecule has 3 heterocycles. The Kier molecular flexibility index (Phi) is 10.1. The molecule has 1 aliphatic carbocycles. The van der Waals surface area contributed by atoms with E-state index in [2.05, 4.69) is 15.2 Å². The highest BCUT2D eigenvalue weighted by Crippen LogP contribution is 2.55. The molecule has 0 radical (unpaired) electrons. The lowest BCUT2D eigenvalue weighted by Gasteiger charge is -2.41. The summed E-state index contributed by atoms with van der Waals surface area (Å²) in [5, 5.41) is 14.5. The second-order valence-electron chi connectivity index (χ2n) is 15.9. The molecule has 2 amide bonds. The fourth-order valence-electron chi connectivity index (χ4n) is 7.50. The minimum absolute atomic E-state index is 0.0783. The normalized spacial score (nSPS) is 19.0. The van der Waals surface area contributed by atoms with Gasteiger partial charge in [-0.15, -0.1) is 0 Å². The predicted octanol–water partition coefficient (Wildman–Crippen LogP) is 7.89. The number of nitrogens with zero attached hydrogens (tertiary/aromatic N) is 5. The Balaban J connectivity index is 1.34. The second-order valence-corrected chi connectivity index (χ2v) is 16.3. The summed E-state index contributed by atoms with van der Waals surface area (Å²) in [7, 11) is 0. The summed E-state index contributed by atoms with van der Waals surface area (Å²) in [4.78, 5) is 62.9. The van der Waals surface area contributed by atoms with Gasteiger partial charge >= 0.3 is 18.2 Å². The number of non-ortho nitro benzene ring substituents is 1. The van der Waals surface area contributed by atoms with Gasteiger partial charge in [-0.3, -0.25) is 10.1 Å². The van der Waals surface area contributed by atoms with E-state index >= 15 is 0 Å². The van der Waals surface area contributed by atoms with E-state index in [0.717, 1.165) is 22.4 Å². The number of hydrogen-bond acceptors (Lipinski definition) is 11. The number of nitro groups is 1. The Morgan fingerprint density at radius 3 is 2.28 bits per heavy atom. The Hall–Kier alpha value is -4.98. The van der Waals surface area contributed by atoms with Crippen LogP contribution in [-0.2, 0) is 26.2 Å². The lowest BCUT2D eigenvalue weighted by atomic mass is 9.72. The van der Waals surface area contributed by atoms with Crippen LogP contribution in [0.2, 0.25) is 5.02 Å². The number of benzene rings is 2. The number of fused-ring (bicyclic) bond motifs is 3. The molecule has 1 aromatic heterocycles. The lowest BCUT2D eigenvalue weighted by Crippen LogP contribution is -2.48. The number of ether oxygens (including phenoxy) is 3. The number of carbonyl (C=O) groups is 3. The summed E-state index contributed by atoms with van der Waals surface area (Å²) in [6.07, 6.45) is 1.57. The van der Waals surface area contributed by atoms with Crippen LogP contribution in [0.3, 0.4) is 0 Å². The van der Waals surface area contributed by atoms with Crippen molar-refractivity contribution < 1.29 is 33.5 Å². The Morgan fingerprint density at radius 2 is 1.66 bits per heavy atom. The molecule has 1 N–H and O–H groups in total. The van der Waals surface area contributed by atoms with Gasteiger partial charge in [0.1, 0.15) is 29.5 Å². The van der Waals surface area contributed by atoms with E-state index in [1.165, 1.54) is 30.6 Å². The molecule has 0 saturated carbocycles. The molecule has 2 aromatic carbocycles. The molecule has 1 spiro atoms. The molecule has 2 aliphatic heterocycles. The first-order chi connectivity index (χ1) is 24.9. The zero-order valence-electron chi connectivity index (χ0n) is 31.0. The summed E-state index contributed by atoms with van der Waals surface area (Å²) in [6, 6.07) is 9.06. The number of anilines is 2. The van der Waals surface area contributed by atoms with Crippen LogP contribution >= 0.6 is 11.6 Å². The highest BCUT2D eigenvalue weighted by atomic mass is 35.5. The van der Waals surface area contributed by atoms with E-state index in [1.807, 2.05) is 39.8 Å². The number of nitrogens with one attached hydrogen (secondary N) is 1. The van der Waals surface area contributed by atoms with Gasteiger partial charge in [-0.25, -0.2) is 24.4 Å². The maximum atomic E-state index is 13.2. The third-order valence-electron chi connectivity index (χ3n) is 9.77. The number of rotatable bonds is 6. The summed E-state index contributed by atoms with van der Waals surface area (Å²) in [5.74, 6) is -0.00737. The van der Waals surface area contributed by atoms with Gasteiger partial charge in [0.15, 0.2) is 0 Å². The maximum absolute atomic E-state index is 13.2. The highest BCUT2D eigenvalue weighted by Gasteiger charge is 2.49. The fraction of sp³-hybridized carbons (Fsp3) is 0.500. The Morgan fingerprint density at radius 1 is 1.00 bits per heavy atom. The monoisotopic (exact) mass is 748 g/mol. The smallest absolute Gasteiger partial charge is 0.410 e. The maximum Gasteiger partial charge on any atom is 0.410 e. The van der Waals surface area contributed by atoms with Crippen LogP contribution in [-0.4, -0.2) is 68.8 Å². The zero-order valence-corrected chi connectivity index (χ0v) is 31.8. The molecule has 2 atom stereocenters. The van der Waals surface area contributed by atoms with E-state index in [0.29, 0.717) is 55.4 Å². The summed E-state index contributed by atoms with van der Waals surface area (Å²) >= 11 is 6.93. The van der Waals surface area contributed by atoms with Crippen molar-refractivity contribution in [3.8, 4) is 0 Å². The molecule has 53 heavy (non-hydrogen) atoms. The zero-order chi connectivity index (χ0) is 38.5. The number of esters is 1. The van der Waals surface area contributed by atoms with E-state index < -0.39 is 39.7 Å². The van der Waals surface area contributed by atoms with Crippen molar-refractivity contribution in [2.24, 2.45) is 0 Å². The van der Waals surface area contributed by atoms with Crippen molar-refractivity contribution in [2.75, 3.05) is 24.5 Å². The Labute approximate surface area is 313 Å². The first kappa shape index (κ1) is 37.8. The van der Waals surface area contributed by atoms with Crippen LogP contribution in [0.5, 0.6) is 0 Å². The van der Waals surface area contributed by atoms with Crippen molar-refractivity contribution in [2.45, 2.75) is 103 Å². The van der Waals surface area contributed by atoms with Crippen molar-refractivity contribution in [3.63, 3.8) is 0 Å². The summed E-state index contributed by atoms with van der Waals surface area (Å²) in [5.41, 5.74) is 2.36. The number of likely N-dealkylation sites (tertiary alicyclic amines) is 1. The van der Waals surface area contributed by atoms with Crippen LogP contribution in [0.25, 0.3) is 0 Å². The van der Waals surface area contributed by atoms with Gasteiger partial charge in [-0.1, -0.05) is 18.5 Å². The van der Waals surface area contributed by atoms with Crippen LogP contribution in [0.15, 0.2) is 42.7 Å². The van der Waals surface area contributed by atoms with Gasteiger partial charge in [-0.2, -0.15) is 0 Å². The minimum Gasteiger partial charge on any atom is -0.452 e. The minimum atomic E-state index is -0.683. The first-order valence-electron chi connectivity index (χ1n) is 17.7. The first-order valence-corrected chi connectivity index (χ1v) is 18.1. The van der Waals surface area contributed by atoms with Gasteiger partial charge in [-0.05, 0) is 102 Å². The summed E-state index contributed by atoms with van der Waals surface area (Å²) in [6.45, 7) is 14.5. The number of halogens is 1. The number of amides is 2. The second kappa shape index (κ2) is 14.1. The van der Waals surface area contributed by atoms with Crippen molar-refractivity contribution >= 4 is 46.9 Å². The topological polar surface area (TPSA) is 166 Å². The molecular formula is C38H45ClN6O8. The molecule has 0 unspecified atom stereocenters. The van der Waals surface area contributed by atoms with E-state index in [1.54, 1.807) is 25.7 Å². The fourth-order valence-corrected chi connectivity index (χ4v) is 7.72. The highest BCUT2D eigenvalue weighted by molar-refractivity contribution is 6.31. The number of carbonyl (C=O) groups excluding carboxylic acids is 3. The van der Waals surface area contributed by atoms with Crippen LogP contribution in [0, 0.1) is 10.1 Å². The SMILES string of the molecule is C[C@@H]1C[C@@H](OC(=O)c2ccc([N+](=O)[O-])cc2)c2ncnc(N3CC4(CCN(C(=O)OC(C)(C)C)CC4)c4c3ccc(Cl)c4CNC(=O)OC(C)(C)C)c21. The molecule has 282 valence electrons. The molecule has 14 nitrogen and oxygen atoms in total. The predicted molar refractivity (Wildman–Crippen MR) is 197 cm³/mol. The average molecular weight is 749 g/mol. The Bertz CT molecular complexity index is 1930. The molecule has 1 fully saturated rings. The summed E-state index contributed by atoms with van der Waals surface area (Å²) < 4.78 is 17.2. The largest absolute Gasteiger partial charge is 0.452 e. The van der Waals surface area contributed by atoms with Gasteiger partial charge in [0.2, 0.25) is 0 Å². The van der Waals surface area contributed by atoms with Gasteiger partial charge < -0.3 is 29.3 Å². The van der Waals surface area contributed by atoms with E-state index in [-0.39, 0.29) is 29.8 Å². The average Bonchev–Trinajstić information content (AvgIpc) is 3.56. The standard InChI is InChI=1S/C38H45ClN6O8/c1-22-18-28(51-33(46)23-8-10-24(11-9-23)45(49)50)31-29(22)32(42-21-41-31)44-20-38(14-16-43(17-15-38)35(48)53-37(5,6)7)30-25(26(39)12-13-27(30)44)19-40-34(47)52-36(2,3)4/h8-13,21-22,28H,14-20H2,1-7H3,(H,40,47)/t22-,28-/m1/s1. The van der Waals surface area contributed by atoms with Crippen LogP contribution < -0.4 is 10.2 Å². The number of aromatic nitrogens is 2.